The molecule has 2 fully saturated rings. The molecule has 5 heteroatoms. The molecule has 5 nitrogen and oxygen atoms in total. The van der Waals surface area contributed by atoms with Crippen molar-refractivity contribution in [3.63, 3.8) is 0 Å². The molecule has 2 heterocycles. The van der Waals surface area contributed by atoms with E-state index in [9.17, 15) is 9.59 Å². The second-order valence-corrected chi connectivity index (χ2v) is 9.44. The van der Waals surface area contributed by atoms with Crippen molar-refractivity contribution >= 4 is 17.5 Å². The Morgan fingerprint density at radius 2 is 1.75 bits per heavy atom. The predicted molar refractivity (Wildman–Crippen MR) is 113 cm³/mol. The molecule has 1 aromatic rings. The fraction of sp³-hybridized carbons (Fsp3) is 0.652. The van der Waals surface area contributed by atoms with E-state index in [1.807, 2.05) is 29.2 Å². The molecule has 28 heavy (non-hydrogen) atoms. The minimum Gasteiger partial charge on any atom is -0.338 e. The van der Waals surface area contributed by atoms with Gasteiger partial charge in [-0.05, 0) is 74.4 Å². The number of amides is 2. The zero-order chi connectivity index (χ0) is 20.1. The van der Waals surface area contributed by atoms with Crippen molar-refractivity contribution in [3.8, 4) is 0 Å². The van der Waals surface area contributed by atoms with Crippen LogP contribution in [-0.2, 0) is 4.79 Å². The van der Waals surface area contributed by atoms with Gasteiger partial charge in [-0.2, -0.15) is 0 Å². The summed E-state index contributed by atoms with van der Waals surface area (Å²) in [5.41, 5.74) is 1.74. The van der Waals surface area contributed by atoms with E-state index in [0.29, 0.717) is 18.0 Å². The van der Waals surface area contributed by atoms with Crippen LogP contribution in [-0.4, -0.2) is 54.3 Å². The van der Waals surface area contributed by atoms with Crippen LogP contribution in [0.1, 0.15) is 63.2 Å². The van der Waals surface area contributed by atoms with Crippen molar-refractivity contribution in [2.45, 2.75) is 52.9 Å². The maximum Gasteiger partial charge on any atom is 0.253 e. The van der Waals surface area contributed by atoms with Crippen LogP contribution in [0.2, 0.25) is 0 Å². The Bertz CT molecular complexity index is 678. The van der Waals surface area contributed by atoms with Gasteiger partial charge in [0, 0.05) is 24.3 Å². The fourth-order valence-corrected chi connectivity index (χ4v) is 4.60. The highest BCUT2D eigenvalue weighted by atomic mass is 16.2. The van der Waals surface area contributed by atoms with Crippen molar-refractivity contribution in [1.29, 1.82) is 0 Å². The molecule has 2 saturated heterocycles. The van der Waals surface area contributed by atoms with Gasteiger partial charge in [-0.15, -0.1) is 0 Å². The second kappa shape index (κ2) is 9.08. The summed E-state index contributed by atoms with van der Waals surface area (Å²) in [6.45, 7) is 10.9. The van der Waals surface area contributed by atoms with E-state index in [2.05, 4.69) is 31.0 Å². The van der Waals surface area contributed by atoms with Gasteiger partial charge in [-0.25, -0.2) is 0 Å². The molecule has 1 aromatic carbocycles. The first-order chi connectivity index (χ1) is 13.3. The summed E-state index contributed by atoms with van der Waals surface area (Å²) in [4.78, 5) is 29.4. The molecule has 1 unspecified atom stereocenters. The first-order valence-electron chi connectivity index (χ1n) is 10.7. The summed E-state index contributed by atoms with van der Waals surface area (Å²) in [5, 5.41) is 2.96. The molecule has 3 rings (SSSR count). The molecule has 0 radical (unpaired) electrons. The summed E-state index contributed by atoms with van der Waals surface area (Å²) < 4.78 is 0. The van der Waals surface area contributed by atoms with Gasteiger partial charge in [-0.3, -0.25) is 14.5 Å². The zero-order valence-electron chi connectivity index (χ0n) is 17.7. The first-order valence-corrected chi connectivity index (χ1v) is 10.7. The van der Waals surface area contributed by atoms with Crippen LogP contribution >= 0.6 is 0 Å². The summed E-state index contributed by atoms with van der Waals surface area (Å²) in [6, 6.07) is 7.35. The van der Waals surface area contributed by atoms with Gasteiger partial charge in [0.2, 0.25) is 5.91 Å². The number of hydrogen-bond donors (Lipinski definition) is 1. The van der Waals surface area contributed by atoms with Gasteiger partial charge in [0.15, 0.2) is 0 Å². The van der Waals surface area contributed by atoms with E-state index >= 15 is 0 Å². The van der Waals surface area contributed by atoms with E-state index in [0.717, 1.165) is 44.7 Å². The van der Waals surface area contributed by atoms with E-state index in [4.69, 9.17) is 0 Å². The van der Waals surface area contributed by atoms with Crippen molar-refractivity contribution < 1.29 is 9.59 Å². The highest BCUT2D eigenvalue weighted by Gasteiger charge is 2.29. The number of carbonyl (C=O) groups excluding carboxylic acids is 2. The molecule has 0 saturated carbocycles. The molecule has 0 bridgehead atoms. The number of hydrogen-bond acceptors (Lipinski definition) is 3. The summed E-state index contributed by atoms with van der Waals surface area (Å²) in [6.07, 6.45) is 5.81. The number of piperidine rings is 1. The molecule has 1 N–H and O–H groups in total. The topological polar surface area (TPSA) is 52.7 Å². The van der Waals surface area contributed by atoms with Crippen molar-refractivity contribution in [1.82, 2.24) is 9.80 Å². The average Bonchev–Trinajstić information content (AvgIpc) is 2.79. The summed E-state index contributed by atoms with van der Waals surface area (Å²) >= 11 is 0. The third-order valence-corrected chi connectivity index (χ3v) is 6.01. The number of rotatable bonds is 4. The van der Waals surface area contributed by atoms with Crippen molar-refractivity contribution in [3.05, 3.63) is 29.8 Å². The molecule has 0 aliphatic carbocycles. The Balaban J connectivity index is 1.55. The Kier molecular flexibility index (Phi) is 6.76. The average molecular weight is 386 g/mol. The Morgan fingerprint density at radius 1 is 1.07 bits per heavy atom. The standard InChI is InChI=1S/C23H35N3O2/c1-18-15-23(2,3)11-14-26(16-18)22(28)19-7-9-20(10-8-19)24-21(27)17-25-12-5-4-6-13-25/h7-10,18H,4-6,11-17H2,1-3H3,(H,24,27). The number of likely N-dealkylation sites (tertiary alicyclic amines) is 2. The van der Waals surface area contributed by atoms with E-state index in [1.54, 1.807) is 0 Å². The van der Waals surface area contributed by atoms with Gasteiger partial charge in [0.05, 0.1) is 6.54 Å². The summed E-state index contributed by atoms with van der Waals surface area (Å²) in [7, 11) is 0. The van der Waals surface area contributed by atoms with E-state index < -0.39 is 0 Å². The SMILES string of the molecule is CC1CN(C(=O)c2ccc(NC(=O)CN3CCCCC3)cc2)CCC(C)(C)C1. The number of nitrogens with zero attached hydrogens (tertiary/aromatic N) is 2. The maximum absolute atomic E-state index is 12.9. The number of carbonyl (C=O) groups is 2. The third-order valence-electron chi connectivity index (χ3n) is 6.01. The number of nitrogens with one attached hydrogen (secondary N) is 1. The van der Waals surface area contributed by atoms with Gasteiger partial charge in [0.25, 0.3) is 5.91 Å². The number of benzene rings is 1. The van der Waals surface area contributed by atoms with Crippen LogP contribution in [0.4, 0.5) is 5.69 Å². The lowest BCUT2D eigenvalue weighted by Gasteiger charge is -2.25. The molecule has 1 atom stereocenters. The second-order valence-electron chi connectivity index (χ2n) is 9.44. The molecule has 0 spiro atoms. The van der Waals surface area contributed by atoms with Gasteiger partial charge in [0.1, 0.15) is 0 Å². The smallest absolute Gasteiger partial charge is 0.253 e. The third kappa shape index (κ3) is 5.81. The van der Waals surface area contributed by atoms with Crippen molar-refractivity contribution in [2.24, 2.45) is 11.3 Å². The van der Waals surface area contributed by atoms with Crippen LogP contribution in [0.5, 0.6) is 0 Å². The molecular weight excluding hydrogens is 350 g/mol. The lowest BCUT2D eigenvalue weighted by atomic mass is 9.82. The molecule has 2 aliphatic rings. The van der Waals surface area contributed by atoms with Crippen LogP contribution in [0, 0.1) is 11.3 Å². The lowest BCUT2D eigenvalue weighted by molar-refractivity contribution is -0.117. The monoisotopic (exact) mass is 385 g/mol. The molecule has 154 valence electrons. The molecule has 2 aliphatic heterocycles. The normalized spacial score (nSPS) is 23.1. The summed E-state index contributed by atoms with van der Waals surface area (Å²) in [5.74, 6) is 0.620. The minimum atomic E-state index is 0.0181. The minimum absolute atomic E-state index is 0.0181. The van der Waals surface area contributed by atoms with E-state index in [-0.39, 0.29) is 17.2 Å². The van der Waals surface area contributed by atoms with Crippen molar-refractivity contribution in [2.75, 3.05) is 38.0 Å². The first kappa shape index (κ1) is 20.8. The Labute approximate surface area is 169 Å². The Hall–Kier alpha value is -1.88. The Morgan fingerprint density at radius 3 is 2.43 bits per heavy atom. The maximum atomic E-state index is 12.9. The number of anilines is 1. The fourth-order valence-electron chi connectivity index (χ4n) is 4.60. The lowest BCUT2D eigenvalue weighted by Crippen LogP contribution is -2.36. The zero-order valence-corrected chi connectivity index (χ0v) is 17.7. The highest BCUT2D eigenvalue weighted by molar-refractivity contribution is 5.96. The van der Waals surface area contributed by atoms with Gasteiger partial charge < -0.3 is 10.2 Å². The van der Waals surface area contributed by atoms with Gasteiger partial charge >= 0.3 is 0 Å². The van der Waals surface area contributed by atoms with Crippen LogP contribution < -0.4 is 5.32 Å². The largest absolute Gasteiger partial charge is 0.338 e. The van der Waals surface area contributed by atoms with E-state index in [1.165, 1.54) is 19.3 Å². The van der Waals surface area contributed by atoms with Crippen LogP contribution in [0.25, 0.3) is 0 Å². The van der Waals surface area contributed by atoms with Gasteiger partial charge in [-0.1, -0.05) is 27.2 Å². The molecular formula is C23H35N3O2. The van der Waals surface area contributed by atoms with Crippen LogP contribution in [0.15, 0.2) is 24.3 Å². The molecule has 0 aromatic heterocycles. The van der Waals surface area contributed by atoms with Crippen LogP contribution in [0.3, 0.4) is 0 Å². The molecule has 2 amide bonds. The highest BCUT2D eigenvalue weighted by Crippen LogP contribution is 2.33. The quantitative estimate of drug-likeness (QED) is 0.852. The predicted octanol–water partition coefficient (Wildman–Crippen LogP) is 4.01.